The third-order valence-corrected chi connectivity index (χ3v) is 7.65. The van der Waals surface area contributed by atoms with Gasteiger partial charge in [-0.1, -0.05) is 39.0 Å². The minimum absolute atomic E-state index is 0.0422. The zero-order valence-electron chi connectivity index (χ0n) is 20.1. The molecular formula is C25H38N2O6. The second kappa shape index (κ2) is 9.97. The number of nitrogens with zero attached hydrogens (tertiary/aromatic N) is 2. The van der Waals surface area contributed by atoms with Crippen LogP contribution in [0, 0.1) is 17.8 Å². The molecule has 0 radical (unpaired) electrons. The first-order valence-corrected chi connectivity index (χ1v) is 12.0. The van der Waals surface area contributed by atoms with Crippen LogP contribution < -0.4 is 0 Å². The molecule has 33 heavy (non-hydrogen) atoms. The average molecular weight is 463 g/mol. The molecule has 3 rings (SSSR count). The number of rotatable bonds is 12. The van der Waals surface area contributed by atoms with Crippen LogP contribution in [0.1, 0.15) is 46.5 Å². The van der Waals surface area contributed by atoms with E-state index in [1.807, 2.05) is 13.8 Å². The van der Waals surface area contributed by atoms with E-state index in [-0.39, 0.29) is 37.5 Å². The van der Waals surface area contributed by atoms with Gasteiger partial charge in [-0.2, -0.15) is 0 Å². The fourth-order valence-electron chi connectivity index (χ4n) is 6.06. The van der Waals surface area contributed by atoms with Gasteiger partial charge in [0.1, 0.15) is 24.2 Å². The van der Waals surface area contributed by atoms with Gasteiger partial charge in [-0.25, -0.2) is 0 Å². The Kier molecular flexibility index (Phi) is 7.69. The molecule has 0 aromatic rings. The molecule has 1 N–H and O–H groups in total. The molecule has 0 aromatic carbocycles. The minimum atomic E-state index is -1.10. The summed E-state index contributed by atoms with van der Waals surface area (Å²) in [5.41, 5.74) is -1.99. The quantitative estimate of drug-likeness (QED) is 0.352. The highest BCUT2D eigenvalue weighted by Crippen LogP contribution is 2.65. The van der Waals surface area contributed by atoms with E-state index in [9.17, 15) is 19.5 Å². The first-order chi connectivity index (χ1) is 15.7. The van der Waals surface area contributed by atoms with Crippen molar-refractivity contribution in [3.63, 3.8) is 0 Å². The number of likely N-dealkylation sites (tertiary alicyclic amines) is 1. The highest BCUT2D eigenvalue weighted by molar-refractivity contribution is 5.98. The van der Waals surface area contributed by atoms with Gasteiger partial charge in [0.2, 0.25) is 11.8 Å². The maximum absolute atomic E-state index is 14.0. The second-order valence-electron chi connectivity index (χ2n) is 9.66. The number of aliphatic hydroxyl groups excluding tert-OH is 1. The van der Waals surface area contributed by atoms with Gasteiger partial charge in [0.05, 0.1) is 11.5 Å². The molecule has 2 bridgehead atoms. The van der Waals surface area contributed by atoms with Gasteiger partial charge in [-0.3, -0.25) is 14.4 Å². The van der Waals surface area contributed by atoms with Gasteiger partial charge in [-0.15, -0.1) is 6.58 Å². The summed E-state index contributed by atoms with van der Waals surface area (Å²) >= 11 is 0. The van der Waals surface area contributed by atoms with Crippen LogP contribution in [0.2, 0.25) is 0 Å². The molecule has 3 aliphatic heterocycles. The first kappa shape index (κ1) is 25.4. The maximum Gasteiger partial charge on any atom is 0.313 e. The molecule has 0 aliphatic carbocycles. The lowest BCUT2D eigenvalue weighted by molar-refractivity contribution is -0.161. The van der Waals surface area contributed by atoms with Crippen LogP contribution in [0.5, 0.6) is 0 Å². The Morgan fingerprint density at radius 1 is 1.33 bits per heavy atom. The summed E-state index contributed by atoms with van der Waals surface area (Å²) in [6.07, 6.45) is 5.78. The van der Waals surface area contributed by atoms with Crippen LogP contribution in [0.3, 0.4) is 0 Å². The summed E-state index contributed by atoms with van der Waals surface area (Å²) in [5, 5.41) is 9.44. The lowest BCUT2D eigenvalue weighted by atomic mass is 9.62. The van der Waals surface area contributed by atoms with Gasteiger partial charge >= 0.3 is 5.97 Å². The first-order valence-electron chi connectivity index (χ1n) is 12.0. The topological polar surface area (TPSA) is 96.4 Å². The predicted octanol–water partition coefficient (Wildman–Crippen LogP) is 1.92. The number of hydrogen-bond acceptors (Lipinski definition) is 6. The van der Waals surface area contributed by atoms with Crippen LogP contribution in [0.25, 0.3) is 0 Å². The van der Waals surface area contributed by atoms with E-state index in [2.05, 4.69) is 20.1 Å². The van der Waals surface area contributed by atoms with Crippen molar-refractivity contribution in [1.82, 2.24) is 9.80 Å². The summed E-state index contributed by atoms with van der Waals surface area (Å²) in [6.45, 7) is 14.4. The van der Waals surface area contributed by atoms with Crippen LogP contribution in [0.4, 0.5) is 0 Å². The molecular weight excluding hydrogens is 424 g/mol. The molecule has 3 heterocycles. The average Bonchev–Trinajstić information content (AvgIpc) is 3.29. The highest BCUT2D eigenvalue weighted by atomic mass is 16.6. The van der Waals surface area contributed by atoms with Gasteiger partial charge in [0, 0.05) is 26.2 Å². The number of unbranched alkanes of at least 4 members (excludes halogenated alkanes) is 1. The van der Waals surface area contributed by atoms with Gasteiger partial charge in [0.15, 0.2) is 0 Å². The fraction of sp³-hybridized carbons (Fsp3) is 0.720. The molecule has 184 valence electrons. The van der Waals surface area contributed by atoms with Crippen LogP contribution in [-0.4, -0.2) is 82.8 Å². The molecule has 0 aromatic heterocycles. The van der Waals surface area contributed by atoms with E-state index in [1.165, 1.54) is 11.0 Å². The van der Waals surface area contributed by atoms with E-state index in [0.29, 0.717) is 25.9 Å². The zero-order chi connectivity index (χ0) is 24.4. The van der Waals surface area contributed by atoms with Crippen molar-refractivity contribution in [1.29, 1.82) is 0 Å². The normalized spacial score (nSPS) is 34.3. The van der Waals surface area contributed by atoms with Crippen molar-refractivity contribution in [2.24, 2.45) is 17.8 Å². The van der Waals surface area contributed by atoms with Crippen LogP contribution in [-0.2, 0) is 23.9 Å². The third-order valence-electron chi connectivity index (χ3n) is 7.65. The summed E-state index contributed by atoms with van der Waals surface area (Å²) < 4.78 is 12.0. The molecule has 3 unspecified atom stereocenters. The third kappa shape index (κ3) is 4.01. The van der Waals surface area contributed by atoms with Gasteiger partial charge < -0.3 is 24.4 Å². The van der Waals surface area contributed by atoms with E-state index < -0.39 is 35.0 Å². The van der Waals surface area contributed by atoms with Gasteiger partial charge in [0.25, 0.3) is 0 Å². The van der Waals surface area contributed by atoms with E-state index >= 15 is 0 Å². The molecule has 2 amide bonds. The number of hydrogen-bond donors (Lipinski definition) is 1. The monoisotopic (exact) mass is 462 g/mol. The van der Waals surface area contributed by atoms with E-state index in [1.54, 1.807) is 11.0 Å². The molecule has 8 nitrogen and oxygen atoms in total. The summed E-state index contributed by atoms with van der Waals surface area (Å²) in [7, 11) is 0. The molecule has 6 atom stereocenters. The van der Waals surface area contributed by atoms with Crippen molar-refractivity contribution in [2.75, 3.05) is 32.8 Å². The Bertz CT molecular complexity index is 800. The van der Waals surface area contributed by atoms with Crippen molar-refractivity contribution in [3.05, 3.63) is 25.3 Å². The zero-order valence-corrected chi connectivity index (χ0v) is 20.1. The largest absolute Gasteiger partial charge is 0.461 e. The number of fused-ring (bicyclic) bond motifs is 1. The number of carbonyl (C=O) groups excluding carboxylic acids is 3. The molecule has 3 fully saturated rings. The van der Waals surface area contributed by atoms with Crippen LogP contribution in [0.15, 0.2) is 25.3 Å². The fourth-order valence-corrected chi connectivity index (χ4v) is 6.06. The lowest BCUT2D eigenvalue weighted by Gasteiger charge is -2.37. The molecule has 3 aliphatic rings. The number of esters is 1. The number of carbonyl (C=O) groups is 3. The molecule has 8 heteroatoms. The van der Waals surface area contributed by atoms with Crippen LogP contribution >= 0.6 is 0 Å². The summed E-state index contributed by atoms with van der Waals surface area (Å²) in [6, 6.07) is -0.847. The molecule has 1 spiro atoms. The molecule has 0 saturated carbocycles. The smallest absolute Gasteiger partial charge is 0.313 e. The Labute approximate surface area is 196 Å². The number of ether oxygens (including phenoxy) is 2. The highest BCUT2D eigenvalue weighted by Gasteiger charge is 2.80. The van der Waals surface area contributed by atoms with Crippen molar-refractivity contribution in [2.45, 2.75) is 63.7 Å². The molecule has 3 saturated heterocycles. The van der Waals surface area contributed by atoms with Gasteiger partial charge in [-0.05, 0) is 32.1 Å². The Balaban J connectivity index is 2.06. The predicted molar refractivity (Wildman–Crippen MR) is 123 cm³/mol. The maximum atomic E-state index is 14.0. The standard InChI is InChI=1S/C25H38N2O6/c1-6-9-12-26(11-7-2)22(30)20-25-16-17(4)24(5,33-25)19(23(31)32-15-8-3)18(25)21(29)27(20)13-10-14-28/h7-8,17-20,28H,2-3,6,9-16H2,1,4-5H3/t17?,18-,19-,20?,24+,25?/m0/s1. The Hall–Kier alpha value is -2.19. The minimum Gasteiger partial charge on any atom is -0.461 e. The van der Waals surface area contributed by atoms with Crippen molar-refractivity contribution in [3.8, 4) is 0 Å². The van der Waals surface area contributed by atoms with E-state index in [4.69, 9.17) is 9.47 Å². The van der Waals surface area contributed by atoms with Crippen molar-refractivity contribution >= 4 is 17.8 Å². The number of amides is 2. The lowest BCUT2D eigenvalue weighted by Crippen LogP contribution is -2.56. The second-order valence-corrected chi connectivity index (χ2v) is 9.66. The van der Waals surface area contributed by atoms with E-state index in [0.717, 1.165) is 12.8 Å². The number of aliphatic hydroxyl groups is 1. The Morgan fingerprint density at radius 3 is 2.67 bits per heavy atom. The Morgan fingerprint density at radius 2 is 2.06 bits per heavy atom. The summed E-state index contributed by atoms with van der Waals surface area (Å²) in [5.74, 6) is -2.58. The SMILES string of the molecule is C=CCOC(=O)[C@@H]1[C@H]2C(=O)N(CCCO)C(C(=O)N(CC=C)CCCC)C23CC(C)[C@@]1(C)O3. The van der Waals surface area contributed by atoms with Crippen molar-refractivity contribution < 1.29 is 29.0 Å². The summed E-state index contributed by atoms with van der Waals surface area (Å²) in [4.78, 5) is 44.1.